The van der Waals surface area contributed by atoms with Gasteiger partial charge in [0.15, 0.2) is 0 Å². The number of hydrogen-bond acceptors (Lipinski definition) is 6. The summed E-state index contributed by atoms with van der Waals surface area (Å²) in [5.41, 5.74) is 6.53. The van der Waals surface area contributed by atoms with Crippen LogP contribution >= 0.6 is 22.7 Å². The number of rotatable bonds is 3. The fourth-order valence-corrected chi connectivity index (χ4v) is 2.88. The monoisotopic (exact) mass is 277 g/mol. The first-order chi connectivity index (χ1) is 8.63. The summed E-state index contributed by atoms with van der Waals surface area (Å²) in [6.07, 6.45) is 0. The van der Waals surface area contributed by atoms with Gasteiger partial charge in [0.05, 0.1) is 21.1 Å². The number of hydrogen-bond donors (Lipinski definition) is 1. The van der Waals surface area contributed by atoms with Crippen molar-refractivity contribution in [2.75, 3.05) is 0 Å². The Balaban J connectivity index is 2.48. The molecule has 7 heteroatoms. The number of allylic oxidation sites excluding steroid dienone is 1. The van der Waals surface area contributed by atoms with E-state index in [0.29, 0.717) is 10.5 Å². The van der Waals surface area contributed by atoms with Gasteiger partial charge in [-0.15, -0.1) is 11.3 Å². The first-order valence-electron chi connectivity index (χ1n) is 4.82. The van der Waals surface area contributed by atoms with Crippen LogP contribution in [0.4, 0.5) is 5.00 Å². The van der Waals surface area contributed by atoms with Crippen LogP contribution in [0.15, 0.2) is 29.6 Å². The molecule has 2 aromatic rings. The van der Waals surface area contributed by atoms with Crippen molar-refractivity contribution in [2.45, 2.75) is 0 Å². The Morgan fingerprint density at radius 3 is 2.67 bits per heavy atom. The molecule has 0 bridgehead atoms. The molecule has 2 heterocycles. The molecule has 2 N–H and O–H groups in total. The van der Waals surface area contributed by atoms with Gasteiger partial charge in [-0.2, -0.15) is 5.26 Å². The summed E-state index contributed by atoms with van der Waals surface area (Å²) in [4.78, 5) is 11.4. The van der Waals surface area contributed by atoms with E-state index in [1.807, 2.05) is 17.5 Å². The van der Waals surface area contributed by atoms with Crippen LogP contribution in [0.3, 0.4) is 0 Å². The maximum absolute atomic E-state index is 10.6. The van der Waals surface area contributed by atoms with E-state index in [0.717, 1.165) is 16.2 Å². The zero-order chi connectivity index (χ0) is 13.1. The van der Waals surface area contributed by atoms with Crippen LogP contribution in [0.25, 0.3) is 11.3 Å². The van der Waals surface area contributed by atoms with Crippen LogP contribution in [-0.4, -0.2) is 4.92 Å². The largest absolute Gasteiger partial charge is 0.396 e. The van der Waals surface area contributed by atoms with Crippen molar-refractivity contribution in [3.63, 3.8) is 0 Å². The summed E-state index contributed by atoms with van der Waals surface area (Å²) in [6, 6.07) is 8.60. The molecule has 90 valence electrons. The molecule has 0 unspecified atom stereocenters. The van der Waals surface area contributed by atoms with Gasteiger partial charge in [0.25, 0.3) is 0 Å². The quantitative estimate of drug-likeness (QED) is 0.530. The predicted molar refractivity (Wildman–Crippen MR) is 71.9 cm³/mol. The van der Waals surface area contributed by atoms with E-state index in [2.05, 4.69) is 0 Å². The van der Waals surface area contributed by atoms with Crippen molar-refractivity contribution < 1.29 is 4.92 Å². The molecule has 5 nitrogen and oxygen atoms in total. The summed E-state index contributed by atoms with van der Waals surface area (Å²) in [6.45, 7) is 0. The van der Waals surface area contributed by atoms with Gasteiger partial charge in [0.2, 0.25) is 0 Å². The predicted octanol–water partition coefficient (Wildman–Crippen LogP) is 3.07. The molecule has 0 atom stereocenters. The highest BCUT2D eigenvalue weighted by molar-refractivity contribution is 7.16. The molecule has 0 aliphatic rings. The van der Waals surface area contributed by atoms with Crippen LogP contribution in [-0.2, 0) is 0 Å². The summed E-state index contributed by atoms with van der Waals surface area (Å²) in [7, 11) is 0. The van der Waals surface area contributed by atoms with E-state index >= 15 is 0 Å². The second-order valence-corrected chi connectivity index (χ2v) is 5.28. The second kappa shape index (κ2) is 5.00. The number of nitro groups is 1. The molecular weight excluding hydrogens is 270 g/mol. The van der Waals surface area contributed by atoms with E-state index in [9.17, 15) is 10.1 Å². The van der Waals surface area contributed by atoms with E-state index < -0.39 is 4.92 Å². The topological polar surface area (TPSA) is 93.0 Å². The molecule has 0 aliphatic heterocycles. The summed E-state index contributed by atoms with van der Waals surface area (Å²) in [5, 5.41) is 21.6. The zero-order valence-electron chi connectivity index (χ0n) is 8.99. The molecule has 0 fully saturated rings. The fourth-order valence-electron chi connectivity index (χ4n) is 1.36. The van der Waals surface area contributed by atoms with Crippen molar-refractivity contribution in [3.8, 4) is 6.07 Å². The van der Waals surface area contributed by atoms with Gasteiger partial charge < -0.3 is 5.73 Å². The molecule has 18 heavy (non-hydrogen) atoms. The minimum atomic E-state index is -0.474. The smallest absolute Gasteiger partial charge is 0.324 e. The van der Waals surface area contributed by atoms with Crippen LogP contribution < -0.4 is 5.73 Å². The van der Waals surface area contributed by atoms with Gasteiger partial charge in [-0.25, -0.2) is 0 Å². The lowest BCUT2D eigenvalue weighted by atomic mass is 10.1. The van der Waals surface area contributed by atoms with Crippen molar-refractivity contribution in [3.05, 3.63) is 49.5 Å². The van der Waals surface area contributed by atoms with Crippen LogP contribution in [0.1, 0.15) is 9.75 Å². The molecule has 0 radical (unpaired) electrons. The molecule has 0 saturated carbocycles. The number of nitrogens with two attached hydrogens (primary N) is 1. The highest BCUT2D eigenvalue weighted by atomic mass is 32.1. The normalized spacial score (nSPS) is 11.7. The molecule has 0 saturated heterocycles. The SMILES string of the molecule is N#C/C(=C(/N)c1ccc([N+](=O)[O-])s1)c1cccs1. The highest BCUT2D eigenvalue weighted by Gasteiger charge is 2.15. The third kappa shape index (κ3) is 2.25. The average molecular weight is 277 g/mol. The molecule has 0 amide bonds. The molecule has 2 rings (SSSR count). The number of nitriles is 1. The lowest BCUT2D eigenvalue weighted by Crippen LogP contribution is -1.97. The van der Waals surface area contributed by atoms with E-state index in [1.165, 1.54) is 17.4 Å². The van der Waals surface area contributed by atoms with Crippen LogP contribution in [0, 0.1) is 21.4 Å². The first kappa shape index (κ1) is 12.3. The molecule has 0 spiro atoms. The van der Waals surface area contributed by atoms with Gasteiger partial charge >= 0.3 is 5.00 Å². The third-order valence-electron chi connectivity index (χ3n) is 2.19. The Hall–Kier alpha value is -2.17. The van der Waals surface area contributed by atoms with Crippen molar-refractivity contribution in [2.24, 2.45) is 5.73 Å². The van der Waals surface area contributed by atoms with Gasteiger partial charge in [-0.05, 0) is 17.5 Å². The Kier molecular flexibility index (Phi) is 3.41. The van der Waals surface area contributed by atoms with E-state index in [-0.39, 0.29) is 10.7 Å². The molecule has 0 aromatic carbocycles. The zero-order valence-corrected chi connectivity index (χ0v) is 10.6. The lowest BCUT2D eigenvalue weighted by molar-refractivity contribution is -0.380. The van der Waals surface area contributed by atoms with Crippen molar-refractivity contribution in [1.29, 1.82) is 5.26 Å². The van der Waals surface area contributed by atoms with Crippen LogP contribution in [0.5, 0.6) is 0 Å². The maximum atomic E-state index is 10.6. The van der Waals surface area contributed by atoms with Gasteiger partial charge in [0.1, 0.15) is 6.07 Å². The molecule has 2 aromatic heterocycles. The molecular formula is C11H7N3O2S2. The number of thiophene rings is 2. The molecule has 0 aliphatic carbocycles. The standard InChI is InChI=1S/C11H7N3O2S2/c12-6-7(8-2-1-5-17-8)11(13)9-3-4-10(18-9)14(15)16/h1-5H,13H2/b11-7-. The average Bonchev–Trinajstić information content (AvgIpc) is 3.01. The van der Waals surface area contributed by atoms with Gasteiger partial charge in [-0.1, -0.05) is 17.4 Å². The van der Waals surface area contributed by atoms with Crippen molar-refractivity contribution >= 4 is 38.9 Å². The Labute approximate surface area is 111 Å². The van der Waals surface area contributed by atoms with E-state index in [4.69, 9.17) is 11.0 Å². The minimum Gasteiger partial charge on any atom is -0.396 e. The Bertz CT molecular complexity index is 650. The number of nitrogens with zero attached hydrogens (tertiary/aromatic N) is 2. The first-order valence-corrected chi connectivity index (χ1v) is 6.51. The van der Waals surface area contributed by atoms with Crippen LogP contribution in [0.2, 0.25) is 0 Å². The maximum Gasteiger partial charge on any atom is 0.324 e. The Morgan fingerprint density at radius 2 is 2.17 bits per heavy atom. The second-order valence-electron chi connectivity index (χ2n) is 3.27. The van der Waals surface area contributed by atoms with Gasteiger partial charge in [0, 0.05) is 10.9 Å². The van der Waals surface area contributed by atoms with E-state index in [1.54, 1.807) is 12.1 Å². The summed E-state index contributed by atoms with van der Waals surface area (Å²) < 4.78 is 0. The van der Waals surface area contributed by atoms with Crippen molar-refractivity contribution in [1.82, 2.24) is 0 Å². The summed E-state index contributed by atoms with van der Waals surface area (Å²) in [5.74, 6) is 0. The van der Waals surface area contributed by atoms with Gasteiger partial charge in [-0.3, -0.25) is 10.1 Å². The highest BCUT2D eigenvalue weighted by Crippen LogP contribution is 2.32. The lowest BCUT2D eigenvalue weighted by Gasteiger charge is -2.00. The third-order valence-corrected chi connectivity index (χ3v) is 4.14. The summed E-state index contributed by atoms with van der Waals surface area (Å²) >= 11 is 2.36. The Morgan fingerprint density at radius 1 is 1.39 bits per heavy atom. The fraction of sp³-hybridized carbons (Fsp3) is 0. The minimum absolute atomic E-state index is 0.0106.